The number of allylic oxidation sites excluding steroid dienone is 47. The maximum atomic E-state index is 13.1. The van der Waals surface area contributed by atoms with Gasteiger partial charge in [0.1, 0.15) is 18.2 Å². The van der Waals surface area contributed by atoms with E-state index in [1.807, 2.05) is 120 Å². The summed E-state index contributed by atoms with van der Waals surface area (Å²) < 4.78 is 21.0. The van der Waals surface area contributed by atoms with E-state index in [1.165, 1.54) is 9.80 Å². The molecular formula is C116H163N3O10. The Morgan fingerprint density at radius 3 is 0.814 bits per heavy atom. The zero-order chi connectivity index (χ0) is 94.0. The number of nitrogens with zero attached hydrogens (tertiary/aromatic N) is 2. The van der Waals surface area contributed by atoms with Crippen LogP contribution in [0.1, 0.15) is 292 Å². The Morgan fingerprint density at radius 2 is 0.543 bits per heavy atom. The first-order valence-electron chi connectivity index (χ1n) is 48.1. The van der Waals surface area contributed by atoms with Gasteiger partial charge in [-0.25, -0.2) is 19.4 Å². The van der Waals surface area contributed by atoms with Crippen LogP contribution in [0.4, 0.5) is 9.59 Å². The minimum absolute atomic E-state index is 0.00967. The van der Waals surface area contributed by atoms with Crippen LogP contribution in [0.25, 0.3) is 0 Å². The van der Waals surface area contributed by atoms with E-state index in [0.717, 1.165) is 178 Å². The molecule has 4 rings (SSSR count). The Balaban J connectivity index is 0.000000870. The Labute approximate surface area is 781 Å². The van der Waals surface area contributed by atoms with Gasteiger partial charge in [0.25, 0.3) is 0 Å². The number of hydrogen-bond acceptors (Lipinski definition) is 11. The highest BCUT2D eigenvalue weighted by molar-refractivity contribution is 5.95. The number of esters is 2. The fraction of sp³-hybridized carbons (Fsp3) is 0.431. The van der Waals surface area contributed by atoms with Crippen molar-refractivity contribution in [2.75, 3.05) is 13.2 Å². The van der Waals surface area contributed by atoms with Crippen LogP contribution in [-0.2, 0) is 38.1 Å². The molecule has 0 saturated carbocycles. The van der Waals surface area contributed by atoms with E-state index in [2.05, 4.69) is 295 Å². The molecule has 702 valence electrons. The van der Waals surface area contributed by atoms with Crippen molar-refractivity contribution >= 4 is 35.9 Å². The average molecular weight is 1760 g/mol. The fourth-order valence-electron chi connectivity index (χ4n) is 12.7. The summed E-state index contributed by atoms with van der Waals surface area (Å²) in [6, 6.07) is 18.0. The summed E-state index contributed by atoms with van der Waals surface area (Å²) >= 11 is 0. The number of ether oxygens (including phenoxy) is 4. The van der Waals surface area contributed by atoms with Gasteiger partial charge < -0.3 is 24.7 Å². The molecule has 1 unspecified atom stereocenters. The lowest BCUT2D eigenvalue weighted by atomic mass is 9.98. The molecule has 2 aromatic carbocycles. The van der Waals surface area contributed by atoms with Gasteiger partial charge in [0.15, 0.2) is 0 Å². The van der Waals surface area contributed by atoms with E-state index < -0.39 is 30.4 Å². The maximum Gasteiger partial charge on any atom is 0.417 e. The molecule has 13 heteroatoms. The minimum atomic E-state index is -0.561. The number of carbonyl (C=O) groups excluding carboxylic acids is 6. The third-order valence-corrected chi connectivity index (χ3v) is 20.0. The van der Waals surface area contributed by atoms with Gasteiger partial charge in [-0.15, -0.1) is 0 Å². The lowest BCUT2D eigenvalue weighted by Gasteiger charge is -2.23. The lowest BCUT2D eigenvalue weighted by molar-refractivity contribution is -0.148. The molecule has 2 saturated heterocycles. The average Bonchev–Trinajstić information content (AvgIpc) is 1.66. The number of nitrogens with two attached hydrogens (primary N) is 1. The second-order valence-corrected chi connectivity index (χ2v) is 30.6. The van der Waals surface area contributed by atoms with E-state index >= 15 is 0 Å². The molecule has 129 heavy (non-hydrogen) atoms. The van der Waals surface area contributed by atoms with E-state index in [1.54, 1.807) is 6.92 Å². The highest BCUT2D eigenvalue weighted by atomic mass is 16.6. The van der Waals surface area contributed by atoms with Crippen LogP contribution in [0.2, 0.25) is 0 Å². The molecule has 0 radical (unpaired) electrons. The molecule has 0 spiro atoms. The van der Waals surface area contributed by atoms with Crippen molar-refractivity contribution in [2.45, 2.75) is 299 Å². The van der Waals surface area contributed by atoms with Crippen molar-refractivity contribution in [1.82, 2.24) is 9.80 Å². The van der Waals surface area contributed by atoms with Crippen LogP contribution in [0, 0.1) is 11.8 Å². The molecule has 0 aromatic heterocycles. The minimum Gasteiger partial charge on any atom is -0.466 e. The molecule has 13 nitrogen and oxygen atoms in total. The van der Waals surface area contributed by atoms with Crippen molar-refractivity contribution in [2.24, 2.45) is 17.6 Å². The van der Waals surface area contributed by atoms with Crippen LogP contribution in [0.15, 0.2) is 352 Å². The van der Waals surface area contributed by atoms with Gasteiger partial charge in [0.2, 0.25) is 11.8 Å². The van der Waals surface area contributed by atoms with Gasteiger partial charge in [-0.1, -0.05) is 394 Å². The van der Waals surface area contributed by atoms with Crippen LogP contribution in [0.5, 0.6) is 0 Å². The zero-order valence-electron chi connectivity index (χ0n) is 80.4. The van der Waals surface area contributed by atoms with Crippen LogP contribution < -0.4 is 5.73 Å². The monoisotopic (exact) mass is 1760 g/mol. The summed E-state index contributed by atoms with van der Waals surface area (Å²) in [4.78, 5) is 76.1. The van der Waals surface area contributed by atoms with Crippen molar-refractivity contribution in [3.8, 4) is 0 Å². The first kappa shape index (κ1) is 116. The fourth-order valence-corrected chi connectivity index (χ4v) is 12.7. The van der Waals surface area contributed by atoms with Gasteiger partial charge in [-0.3, -0.25) is 19.2 Å². The van der Waals surface area contributed by atoms with Gasteiger partial charge in [0, 0.05) is 12.3 Å². The van der Waals surface area contributed by atoms with Crippen LogP contribution in [-0.4, -0.2) is 77.1 Å². The van der Waals surface area contributed by atoms with Crippen molar-refractivity contribution in [1.29, 1.82) is 0 Å². The number of hydrogen-bond donors (Lipinski definition) is 1. The third-order valence-electron chi connectivity index (χ3n) is 20.0. The first-order chi connectivity index (χ1) is 63.2. The third kappa shape index (κ3) is 63.6. The van der Waals surface area contributed by atoms with E-state index in [9.17, 15) is 28.8 Å². The highest BCUT2D eigenvalue weighted by Crippen LogP contribution is 2.35. The summed E-state index contributed by atoms with van der Waals surface area (Å²) in [7, 11) is 0. The summed E-state index contributed by atoms with van der Waals surface area (Å²) in [5.74, 6) is -0.997. The maximum absolute atomic E-state index is 13.1. The molecule has 2 N–H and O–H groups in total. The standard InChI is InChI=1S/C34H45NO3.C32H41NO3.C26H40O2.C24H37NO2/c1-4-6-7-8-9-10-11-12-13-14-15-16-17-18-19-20-21-23-26-30(5-2)33(36)35-29(3)32(38-34(35)37)31-27-24-22-25-28-31;1-3-4-5-6-7-8-9-10-11-12-13-14-15-16-17-18-19-20-24-27-30(34)33-28(2)31(36-32(33)35)29-25-22-21-23-26-29;1-4-7-8-9-10-11-12-13-14-15-16-17-18-19-20-21-22-23-24-25(5-2)26(27)28-6-3;1-3-5-6-7-8-9-10-11-12-13-14-15-16-17-18-19-20-21-22-23(25)24(26)27-4-2/h6-7,9-10,12-13,15-16,18-19,21-25,27-30,32H,4-5,8,11,14,17,20,26H2,1-3H3;4-5,7-8,10-11,13-14,16-17,19-23,25-26,28,31H,3,6,9,12,15,18,24,27H2,1-2H3;7-8,10-11,13-14,16-17,19-20,22-23,25H,4-6,9,12,15,18,21,24H2,1-3H3;5-6,8-9,11-12,14-15,17-18,20-21,23H,3-4,7,10,13,16,19,22,25H2,1-2H3/b7-6-,10-9-,13-12-,16-15-,19-18-,23-21-;5-4-,8-7-,11-10-,14-13-,17-16-,20-19-;8-7-,11-10-,14-13-,17-16-,20-19-,23-22-;6-5-,9-8-,12-11-,15-14-,18-17-,21-20-/t29-,30+,32-;28-,31-;25-;/m110./s1. The van der Waals surface area contributed by atoms with Crippen LogP contribution in [0.3, 0.4) is 0 Å². The summed E-state index contributed by atoms with van der Waals surface area (Å²) in [6.07, 6.45) is 130. The molecular weight excluding hydrogens is 1600 g/mol. The van der Waals surface area contributed by atoms with Gasteiger partial charge in [0.05, 0.1) is 31.2 Å². The molecule has 2 aliphatic rings. The summed E-state index contributed by atoms with van der Waals surface area (Å²) in [6.45, 7) is 20.8. The highest BCUT2D eigenvalue weighted by Gasteiger charge is 2.45. The topological polar surface area (TPSA) is 172 Å². The number of benzene rings is 2. The number of cyclic esters (lactones) is 2. The second-order valence-electron chi connectivity index (χ2n) is 30.6. The first-order valence-corrected chi connectivity index (χ1v) is 48.1. The van der Waals surface area contributed by atoms with Crippen molar-refractivity contribution in [3.63, 3.8) is 0 Å². The Kier molecular flexibility index (Phi) is 77.7. The van der Waals surface area contributed by atoms with Gasteiger partial charge in [-0.2, -0.15) is 0 Å². The largest absolute Gasteiger partial charge is 0.466 e. The van der Waals surface area contributed by atoms with Crippen molar-refractivity contribution < 1.29 is 47.7 Å². The second kappa shape index (κ2) is 86.4. The smallest absolute Gasteiger partial charge is 0.417 e. The number of imide groups is 2. The summed E-state index contributed by atoms with van der Waals surface area (Å²) in [5.41, 5.74) is 7.53. The van der Waals surface area contributed by atoms with Crippen LogP contribution >= 0.6 is 0 Å². The van der Waals surface area contributed by atoms with E-state index in [4.69, 9.17) is 24.7 Å². The molecule has 7 atom stereocenters. The quantitative estimate of drug-likeness (QED) is 0.0379. The molecule has 2 fully saturated rings. The Morgan fingerprint density at radius 1 is 0.310 bits per heavy atom. The zero-order valence-corrected chi connectivity index (χ0v) is 80.4. The molecule has 2 heterocycles. The number of rotatable bonds is 62. The van der Waals surface area contributed by atoms with E-state index in [-0.39, 0.29) is 47.7 Å². The molecule has 0 bridgehead atoms. The normalized spacial score (nSPS) is 16.9. The number of carbonyl (C=O) groups is 6. The van der Waals surface area contributed by atoms with Gasteiger partial charge >= 0.3 is 24.1 Å². The lowest BCUT2D eigenvalue weighted by Crippen LogP contribution is -2.41. The summed E-state index contributed by atoms with van der Waals surface area (Å²) in [5, 5.41) is 0. The molecule has 2 aromatic rings. The predicted molar refractivity (Wildman–Crippen MR) is 549 cm³/mol. The molecule has 4 amide bonds. The predicted octanol–water partition coefficient (Wildman–Crippen LogP) is 31.4. The molecule has 0 aliphatic carbocycles. The SMILES string of the molecule is CC/C=C\C/C=C\C/C=C\C/C=C\C/C=C\C/C=C\CC(N)C(=O)OCC.CC/C=C\C/C=C\C/C=C\C/C=C\C/C=C\C/C=C\CCC(=O)N1C(=O)O[C@@H](c2ccccc2)[C@H]1C.CC/C=C\C/C=C\C/C=C\C/C=C\C/C=C\C/C=C\C[C@H](CC)C(=O)N1C(=O)O[C@@H](c2ccccc2)[C@H]1C.CC/C=C\C/C=C\C/C=C\C/C=C\C/C=C\C/C=C\C[C@H](CC)C(=O)OCC. The number of amides is 4. The molecule has 2 aliphatic heterocycles. The Bertz CT molecular complexity index is 4020. The van der Waals surface area contributed by atoms with E-state index in [0.29, 0.717) is 45.3 Å². The van der Waals surface area contributed by atoms with Crippen molar-refractivity contribution in [3.05, 3.63) is 363 Å². The Hall–Kier alpha value is -11.0. The van der Waals surface area contributed by atoms with Gasteiger partial charge in [-0.05, 0) is 231 Å².